The summed E-state index contributed by atoms with van der Waals surface area (Å²) < 4.78 is 0. The van der Waals surface area contributed by atoms with Crippen LogP contribution in [0.3, 0.4) is 0 Å². The van der Waals surface area contributed by atoms with Gasteiger partial charge in [-0.05, 0) is 60.7 Å². The number of hydrogen-bond acceptors (Lipinski definition) is 2. The fraction of sp³-hybridized carbons (Fsp3) is 0.240. The molecule has 1 N–H and O–H groups in total. The summed E-state index contributed by atoms with van der Waals surface area (Å²) in [4.78, 5) is 15.3. The molecular weight excluding hydrogens is 344 g/mol. The van der Waals surface area contributed by atoms with E-state index in [0.29, 0.717) is 5.56 Å². The van der Waals surface area contributed by atoms with Crippen molar-refractivity contribution in [2.75, 3.05) is 10.2 Å². The molecule has 0 bridgehead atoms. The molecule has 1 aliphatic rings. The van der Waals surface area contributed by atoms with Crippen LogP contribution in [0, 0.1) is 6.92 Å². The maximum atomic E-state index is 13.5. The van der Waals surface area contributed by atoms with Gasteiger partial charge in [-0.25, -0.2) is 0 Å². The van der Waals surface area contributed by atoms with Gasteiger partial charge in [-0.2, -0.15) is 0 Å². The number of carbonyl (C=O) groups is 1. The molecule has 3 aromatic rings. The van der Waals surface area contributed by atoms with Gasteiger partial charge in [0.05, 0.1) is 5.56 Å². The highest BCUT2D eigenvalue weighted by atomic mass is 16.2. The lowest BCUT2D eigenvalue weighted by Crippen LogP contribution is -2.43. The maximum absolute atomic E-state index is 13.5. The van der Waals surface area contributed by atoms with E-state index in [1.165, 1.54) is 18.4 Å². The SMILES string of the molecule is CCCCc1ccc(N2C(=O)c3ccccc3NC2c2ccccc2C)cc1. The van der Waals surface area contributed by atoms with E-state index in [2.05, 4.69) is 55.6 Å². The van der Waals surface area contributed by atoms with Gasteiger partial charge in [0.2, 0.25) is 0 Å². The molecule has 0 radical (unpaired) electrons. The lowest BCUT2D eigenvalue weighted by molar-refractivity contribution is 0.0975. The zero-order valence-corrected chi connectivity index (χ0v) is 16.5. The number of aryl methyl sites for hydroxylation is 2. The summed E-state index contributed by atoms with van der Waals surface area (Å²) >= 11 is 0. The molecule has 0 saturated carbocycles. The molecule has 0 fully saturated rings. The average Bonchev–Trinajstić information content (AvgIpc) is 2.73. The number of fused-ring (bicyclic) bond motifs is 1. The lowest BCUT2D eigenvalue weighted by atomic mass is 9.99. The molecule has 4 rings (SSSR count). The number of carbonyl (C=O) groups excluding carboxylic acids is 1. The first kappa shape index (κ1) is 18.3. The van der Waals surface area contributed by atoms with Gasteiger partial charge in [-0.3, -0.25) is 9.69 Å². The molecule has 142 valence electrons. The summed E-state index contributed by atoms with van der Waals surface area (Å²) in [7, 11) is 0. The number of hydrogen-bond donors (Lipinski definition) is 1. The molecule has 0 spiro atoms. The summed E-state index contributed by atoms with van der Waals surface area (Å²) in [6, 6.07) is 24.4. The molecule has 28 heavy (non-hydrogen) atoms. The van der Waals surface area contributed by atoms with Crippen LogP contribution in [-0.4, -0.2) is 5.91 Å². The zero-order chi connectivity index (χ0) is 19.5. The summed E-state index contributed by atoms with van der Waals surface area (Å²) in [6.07, 6.45) is 3.21. The van der Waals surface area contributed by atoms with Crippen molar-refractivity contribution in [3.63, 3.8) is 0 Å². The smallest absolute Gasteiger partial charge is 0.262 e. The van der Waals surface area contributed by atoms with E-state index in [4.69, 9.17) is 0 Å². The van der Waals surface area contributed by atoms with Gasteiger partial charge in [-0.1, -0.05) is 61.9 Å². The van der Waals surface area contributed by atoms with Crippen LogP contribution in [0.4, 0.5) is 11.4 Å². The molecule has 0 aliphatic carbocycles. The number of benzene rings is 3. The molecule has 3 nitrogen and oxygen atoms in total. The van der Waals surface area contributed by atoms with Crippen molar-refractivity contribution in [3.8, 4) is 0 Å². The Labute approximate surface area is 167 Å². The summed E-state index contributed by atoms with van der Waals surface area (Å²) in [6.45, 7) is 4.30. The monoisotopic (exact) mass is 370 g/mol. The number of nitrogens with one attached hydrogen (secondary N) is 1. The molecule has 1 heterocycles. The quantitative estimate of drug-likeness (QED) is 0.588. The van der Waals surface area contributed by atoms with E-state index >= 15 is 0 Å². The number of rotatable bonds is 5. The van der Waals surface area contributed by atoms with Crippen LogP contribution in [0.2, 0.25) is 0 Å². The van der Waals surface area contributed by atoms with Gasteiger partial charge >= 0.3 is 0 Å². The number of anilines is 2. The largest absolute Gasteiger partial charge is 0.360 e. The van der Waals surface area contributed by atoms with Gasteiger partial charge in [0.15, 0.2) is 0 Å². The van der Waals surface area contributed by atoms with Crippen LogP contribution in [0.5, 0.6) is 0 Å². The topological polar surface area (TPSA) is 32.3 Å². The zero-order valence-electron chi connectivity index (χ0n) is 16.5. The van der Waals surface area contributed by atoms with E-state index in [1.807, 2.05) is 41.3 Å². The van der Waals surface area contributed by atoms with Crippen LogP contribution in [0.15, 0.2) is 72.8 Å². The van der Waals surface area contributed by atoms with Crippen molar-refractivity contribution in [1.82, 2.24) is 0 Å². The van der Waals surface area contributed by atoms with Crippen LogP contribution in [-0.2, 0) is 6.42 Å². The van der Waals surface area contributed by atoms with Crippen molar-refractivity contribution in [2.24, 2.45) is 0 Å². The summed E-state index contributed by atoms with van der Waals surface area (Å²) in [5, 5.41) is 3.59. The Hall–Kier alpha value is -3.07. The van der Waals surface area contributed by atoms with E-state index in [9.17, 15) is 4.79 Å². The Balaban J connectivity index is 1.77. The number of unbranched alkanes of at least 4 members (excludes halogenated alkanes) is 1. The Bertz CT molecular complexity index is 978. The van der Waals surface area contributed by atoms with Gasteiger partial charge in [0, 0.05) is 11.4 Å². The Morgan fingerprint density at radius 2 is 1.64 bits per heavy atom. The predicted molar refractivity (Wildman–Crippen MR) is 116 cm³/mol. The summed E-state index contributed by atoms with van der Waals surface area (Å²) in [5.74, 6) is 0.0314. The van der Waals surface area contributed by atoms with Gasteiger partial charge in [0.1, 0.15) is 6.17 Å². The van der Waals surface area contributed by atoms with E-state index in [-0.39, 0.29) is 12.1 Å². The van der Waals surface area contributed by atoms with E-state index < -0.39 is 0 Å². The van der Waals surface area contributed by atoms with Crippen molar-refractivity contribution in [1.29, 1.82) is 0 Å². The second-order valence-electron chi connectivity index (χ2n) is 7.39. The molecule has 1 aliphatic heterocycles. The minimum absolute atomic E-state index is 0.0314. The standard InChI is InChI=1S/C25H26N2O/c1-3-4-10-19-14-16-20(17-15-19)27-24(21-11-6-5-9-18(21)2)26-23-13-8-7-12-22(23)25(27)28/h5-9,11-17,24,26H,3-4,10H2,1-2H3. The molecule has 0 saturated heterocycles. The van der Waals surface area contributed by atoms with Gasteiger partial charge < -0.3 is 5.32 Å². The Morgan fingerprint density at radius 3 is 2.39 bits per heavy atom. The van der Waals surface area contributed by atoms with Gasteiger partial charge in [0.25, 0.3) is 5.91 Å². The first-order valence-electron chi connectivity index (χ1n) is 10.0. The molecular formula is C25H26N2O. The highest BCUT2D eigenvalue weighted by Crippen LogP contribution is 2.37. The minimum Gasteiger partial charge on any atom is -0.360 e. The predicted octanol–water partition coefficient (Wildman–Crippen LogP) is 6.11. The molecule has 1 unspecified atom stereocenters. The first-order chi connectivity index (χ1) is 13.7. The highest BCUT2D eigenvalue weighted by molar-refractivity contribution is 6.12. The number of nitrogens with zero attached hydrogens (tertiary/aromatic N) is 1. The third kappa shape index (κ3) is 3.40. The maximum Gasteiger partial charge on any atom is 0.262 e. The number of amides is 1. The first-order valence-corrected chi connectivity index (χ1v) is 10.0. The third-order valence-corrected chi connectivity index (χ3v) is 5.44. The van der Waals surface area contributed by atoms with Crippen molar-refractivity contribution in [3.05, 3.63) is 95.1 Å². The molecule has 1 amide bonds. The second kappa shape index (κ2) is 7.89. The third-order valence-electron chi connectivity index (χ3n) is 5.44. The molecule has 3 heteroatoms. The fourth-order valence-corrected chi connectivity index (χ4v) is 3.84. The van der Waals surface area contributed by atoms with E-state index in [1.54, 1.807) is 0 Å². The molecule has 3 aromatic carbocycles. The molecule has 0 aromatic heterocycles. The van der Waals surface area contributed by atoms with E-state index in [0.717, 1.165) is 28.9 Å². The fourth-order valence-electron chi connectivity index (χ4n) is 3.84. The van der Waals surface area contributed by atoms with Crippen LogP contribution >= 0.6 is 0 Å². The van der Waals surface area contributed by atoms with Crippen LogP contribution in [0.1, 0.15) is 53.0 Å². The summed E-state index contributed by atoms with van der Waals surface area (Å²) in [5.41, 5.74) is 6.10. The van der Waals surface area contributed by atoms with Crippen molar-refractivity contribution < 1.29 is 4.79 Å². The second-order valence-corrected chi connectivity index (χ2v) is 7.39. The van der Waals surface area contributed by atoms with Crippen LogP contribution in [0.25, 0.3) is 0 Å². The highest BCUT2D eigenvalue weighted by Gasteiger charge is 2.34. The lowest BCUT2D eigenvalue weighted by Gasteiger charge is -2.38. The molecule has 1 atom stereocenters. The van der Waals surface area contributed by atoms with Crippen molar-refractivity contribution in [2.45, 2.75) is 39.3 Å². The number of para-hydroxylation sites is 1. The van der Waals surface area contributed by atoms with Crippen molar-refractivity contribution >= 4 is 17.3 Å². The van der Waals surface area contributed by atoms with Crippen LogP contribution < -0.4 is 10.2 Å². The Morgan fingerprint density at radius 1 is 0.929 bits per heavy atom. The van der Waals surface area contributed by atoms with Gasteiger partial charge in [-0.15, -0.1) is 0 Å². The average molecular weight is 370 g/mol. The Kier molecular flexibility index (Phi) is 5.16. The minimum atomic E-state index is -0.231. The normalized spacial score (nSPS) is 15.9.